The molecular formula is C34H51N7O10. The van der Waals surface area contributed by atoms with Gasteiger partial charge in [0.15, 0.2) is 0 Å². The SMILES string of the molecule is C=C(C)[C@H](NC(=O)C(NC(=O)[C@H](CNC(=O)OC)NC(=O)OC)C(C)(C)C)C(=O)N1C[C@@H]2CC3CC[C@@H](C(=O)C(=O)NC4CC4)NC(=O)[C@@H]1[C@H]2C3. The average molecular weight is 718 g/mol. The first-order chi connectivity index (χ1) is 23.9. The van der Waals surface area contributed by atoms with Crippen LogP contribution in [0.2, 0.25) is 0 Å². The summed E-state index contributed by atoms with van der Waals surface area (Å²) in [6, 6.07) is -5.84. The maximum Gasteiger partial charge on any atom is 0.407 e. The smallest absolute Gasteiger partial charge is 0.407 e. The molecule has 0 aromatic carbocycles. The number of amides is 7. The van der Waals surface area contributed by atoms with E-state index in [0.717, 1.165) is 33.5 Å². The molecule has 2 aliphatic carbocycles. The van der Waals surface area contributed by atoms with Crippen LogP contribution in [0.5, 0.6) is 0 Å². The van der Waals surface area contributed by atoms with Crippen LogP contribution in [0.25, 0.3) is 0 Å². The number of nitrogens with zero attached hydrogens (tertiary/aromatic N) is 1. The Bertz CT molecular complexity index is 1440. The summed E-state index contributed by atoms with van der Waals surface area (Å²) in [5, 5.41) is 15.4. The topological polar surface area (TPSA) is 230 Å². The quantitative estimate of drug-likeness (QED) is 0.113. The van der Waals surface area contributed by atoms with Crippen molar-refractivity contribution in [2.75, 3.05) is 27.3 Å². The number of carbonyl (C=O) groups excluding carboxylic acids is 8. The molecule has 8 atom stereocenters. The Morgan fingerprint density at radius 1 is 0.922 bits per heavy atom. The summed E-state index contributed by atoms with van der Waals surface area (Å²) in [5.41, 5.74) is -0.637. The fourth-order valence-electron chi connectivity index (χ4n) is 7.21. The summed E-state index contributed by atoms with van der Waals surface area (Å²) in [7, 11) is 2.22. The lowest BCUT2D eigenvalue weighted by Crippen LogP contribution is -2.62. The molecule has 2 heterocycles. The lowest BCUT2D eigenvalue weighted by atomic mass is 9.85. The molecule has 2 saturated heterocycles. The molecule has 4 fully saturated rings. The molecule has 2 saturated carbocycles. The summed E-state index contributed by atoms with van der Waals surface area (Å²) in [6.07, 6.45) is 2.25. The van der Waals surface area contributed by atoms with Crippen LogP contribution in [-0.4, -0.2) is 116 Å². The second-order valence-corrected chi connectivity index (χ2v) is 15.1. The Labute approximate surface area is 297 Å². The van der Waals surface area contributed by atoms with Crippen molar-refractivity contribution in [1.29, 1.82) is 0 Å². The molecule has 0 spiro atoms. The second kappa shape index (κ2) is 16.1. The lowest BCUT2D eigenvalue weighted by Gasteiger charge is -2.35. The van der Waals surface area contributed by atoms with Gasteiger partial charge in [0.1, 0.15) is 24.2 Å². The lowest BCUT2D eigenvalue weighted by molar-refractivity contribution is -0.144. The minimum absolute atomic E-state index is 0.0183. The summed E-state index contributed by atoms with van der Waals surface area (Å²) >= 11 is 0. The van der Waals surface area contributed by atoms with Gasteiger partial charge in [-0.3, -0.25) is 28.8 Å². The predicted molar refractivity (Wildman–Crippen MR) is 180 cm³/mol. The third-order valence-electron chi connectivity index (χ3n) is 10.1. The van der Waals surface area contributed by atoms with E-state index in [1.807, 2.05) is 0 Å². The van der Waals surface area contributed by atoms with E-state index < -0.39 is 89.7 Å². The van der Waals surface area contributed by atoms with Gasteiger partial charge in [0.2, 0.25) is 29.4 Å². The number of ether oxygens (including phenoxy) is 2. The number of rotatable bonds is 12. The highest BCUT2D eigenvalue weighted by Gasteiger charge is 2.54. The Kier molecular flexibility index (Phi) is 12.3. The van der Waals surface area contributed by atoms with E-state index in [4.69, 9.17) is 0 Å². The molecule has 0 aromatic rings. The summed E-state index contributed by atoms with van der Waals surface area (Å²) in [5.74, 6) is -3.95. The molecule has 7 amide bonds. The van der Waals surface area contributed by atoms with E-state index in [1.165, 1.54) is 4.90 Å². The number of hydrogen-bond donors (Lipinski definition) is 6. The van der Waals surface area contributed by atoms with Gasteiger partial charge in [-0.2, -0.15) is 0 Å². The highest BCUT2D eigenvalue weighted by molar-refractivity contribution is 6.38. The van der Waals surface area contributed by atoms with Crippen molar-refractivity contribution in [3.05, 3.63) is 12.2 Å². The van der Waals surface area contributed by atoms with Crippen LogP contribution in [0.15, 0.2) is 12.2 Å². The Morgan fingerprint density at radius 2 is 1.59 bits per heavy atom. The van der Waals surface area contributed by atoms with Crippen molar-refractivity contribution in [1.82, 2.24) is 36.8 Å². The molecule has 2 bridgehead atoms. The minimum atomic E-state index is -1.36. The molecule has 282 valence electrons. The summed E-state index contributed by atoms with van der Waals surface area (Å²) in [6.45, 7) is 10.4. The average Bonchev–Trinajstić information content (AvgIpc) is 3.68. The van der Waals surface area contributed by atoms with Gasteiger partial charge in [0, 0.05) is 12.6 Å². The number of Topliss-reactive ketones (excluding diaryl/α,β-unsaturated/α-hetero) is 1. The van der Waals surface area contributed by atoms with E-state index >= 15 is 0 Å². The Morgan fingerprint density at radius 3 is 2.18 bits per heavy atom. The molecule has 0 aromatic heterocycles. The molecule has 51 heavy (non-hydrogen) atoms. The Balaban J connectivity index is 1.51. The van der Waals surface area contributed by atoms with E-state index in [-0.39, 0.29) is 35.9 Å². The maximum atomic E-state index is 14.3. The molecule has 17 heteroatoms. The molecule has 6 N–H and O–H groups in total. The van der Waals surface area contributed by atoms with Gasteiger partial charge in [-0.05, 0) is 74.2 Å². The minimum Gasteiger partial charge on any atom is -0.453 e. The number of ketones is 1. The van der Waals surface area contributed by atoms with Crippen molar-refractivity contribution >= 4 is 47.5 Å². The van der Waals surface area contributed by atoms with E-state index in [1.54, 1.807) is 27.7 Å². The van der Waals surface area contributed by atoms with Crippen molar-refractivity contribution in [2.24, 2.45) is 23.2 Å². The number of hydrogen-bond acceptors (Lipinski definition) is 10. The first kappa shape index (κ1) is 39.1. The van der Waals surface area contributed by atoms with Crippen molar-refractivity contribution in [3.63, 3.8) is 0 Å². The molecular weight excluding hydrogens is 666 g/mol. The van der Waals surface area contributed by atoms with Crippen molar-refractivity contribution < 1.29 is 47.8 Å². The van der Waals surface area contributed by atoms with Gasteiger partial charge < -0.3 is 46.3 Å². The van der Waals surface area contributed by atoms with E-state index in [2.05, 4.69) is 48.0 Å². The predicted octanol–water partition coefficient (Wildman–Crippen LogP) is -0.362. The highest BCUT2D eigenvalue weighted by Crippen LogP contribution is 2.47. The fraction of sp³-hybridized carbons (Fsp3) is 0.706. The van der Waals surface area contributed by atoms with Crippen LogP contribution >= 0.6 is 0 Å². The fourth-order valence-corrected chi connectivity index (χ4v) is 7.21. The second-order valence-electron chi connectivity index (χ2n) is 15.1. The van der Waals surface area contributed by atoms with Gasteiger partial charge in [0.05, 0.1) is 26.8 Å². The normalized spacial score (nSPS) is 25.6. The maximum absolute atomic E-state index is 14.3. The van der Waals surface area contributed by atoms with E-state index in [0.29, 0.717) is 19.3 Å². The molecule has 0 radical (unpaired) electrons. The monoisotopic (exact) mass is 717 g/mol. The third-order valence-corrected chi connectivity index (χ3v) is 10.1. The number of likely N-dealkylation sites (tertiary alicyclic amines) is 1. The van der Waals surface area contributed by atoms with Crippen LogP contribution in [-0.2, 0) is 38.2 Å². The molecule has 2 unspecified atom stereocenters. The van der Waals surface area contributed by atoms with Gasteiger partial charge in [0.25, 0.3) is 5.91 Å². The zero-order chi connectivity index (χ0) is 37.8. The zero-order valence-corrected chi connectivity index (χ0v) is 30.1. The van der Waals surface area contributed by atoms with Gasteiger partial charge >= 0.3 is 12.2 Å². The number of nitrogens with one attached hydrogen (secondary N) is 6. The summed E-state index contributed by atoms with van der Waals surface area (Å²) in [4.78, 5) is 106. The molecule has 17 nitrogen and oxygen atoms in total. The van der Waals surface area contributed by atoms with Crippen molar-refractivity contribution in [3.8, 4) is 0 Å². The number of fused-ring (bicyclic) bond motifs is 1. The first-order valence-corrected chi connectivity index (χ1v) is 17.3. The highest BCUT2D eigenvalue weighted by atomic mass is 16.5. The largest absolute Gasteiger partial charge is 0.453 e. The van der Waals surface area contributed by atoms with Crippen molar-refractivity contribution in [2.45, 2.75) is 102 Å². The standard InChI is InChI=1S/C34H51N7O10/c1-16(2)23(39-30(46)26(34(3,4)5)40-27(43)22(38-33(49)51-7)14-35-32(48)50-6)31(47)41-15-18-12-17-8-11-21(25(42)29(45)36-19-9-10-19)37-28(44)24(41)20(18)13-17/h17-24,26H,1,8-15H2,2-7H3,(H,35,48)(H,36,45)(H,37,44)(H,38,49)(H,39,46)(H,40,43)/t17?,18-,20-,21-,22-,23-,24-,26?/m0/s1. The van der Waals surface area contributed by atoms with E-state index in [9.17, 15) is 38.4 Å². The summed E-state index contributed by atoms with van der Waals surface area (Å²) < 4.78 is 9.12. The third kappa shape index (κ3) is 9.55. The van der Waals surface area contributed by atoms with Crippen LogP contribution < -0.4 is 31.9 Å². The van der Waals surface area contributed by atoms with Gasteiger partial charge in [-0.15, -0.1) is 0 Å². The van der Waals surface area contributed by atoms with Crippen LogP contribution in [0.1, 0.15) is 66.2 Å². The van der Waals surface area contributed by atoms with Gasteiger partial charge in [-0.1, -0.05) is 27.4 Å². The number of alkyl carbamates (subject to hydrolysis) is 2. The molecule has 2 aliphatic heterocycles. The van der Waals surface area contributed by atoms with Crippen LogP contribution in [0.3, 0.4) is 0 Å². The molecule has 4 aliphatic rings. The van der Waals surface area contributed by atoms with Crippen LogP contribution in [0, 0.1) is 23.2 Å². The first-order valence-electron chi connectivity index (χ1n) is 17.3. The number of carbonyl (C=O) groups is 8. The van der Waals surface area contributed by atoms with Crippen LogP contribution in [0.4, 0.5) is 9.59 Å². The zero-order valence-electron chi connectivity index (χ0n) is 30.1. The van der Waals surface area contributed by atoms with Gasteiger partial charge in [-0.25, -0.2) is 9.59 Å². The molecule has 4 rings (SSSR count). The Hall–Kier alpha value is -4.70. The number of methoxy groups -OCH3 is 2.